The molecule has 0 spiro atoms. The third-order valence-corrected chi connectivity index (χ3v) is 7.70. The van der Waals surface area contributed by atoms with E-state index >= 15 is 0 Å². The fraction of sp³-hybridized carbons (Fsp3) is 0.233. The number of fused-ring (bicyclic) bond motifs is 2. The van der Waals surface area contributed by atoms with Gasteiger partial charge in [0.1, 0.15) is 6.61 Å². The summed E-state index contributed by atoms with van der Waals surface area (Å²) in [5, 5.41) is 13.4. The highest BCUT2D eigenvalue weighted by molar-refractivity contribution is 7.22. The van der Waals surface area contributed by atoms with E-state index < -0.39 is 17.7 Å². The topological polar surface area (TPSA) is 126 Å². The number of ether oxygens (including phenoxy) is 1. The van der Waals surface area contributed by atoms with E-state index in [0.29, 0.717) is 34.5 Å². The summed E-state index contributed by atoms with van der Waals surface area (Å²) >= 11 is 1.39. The van der Waals surface area contributed by atoms with Gasteiger partial charge in [0, 0.05) is 32.0 Å². The van der Waals surface area contributed by atoms with Gasteiger partial charge in [-0.2, -0.15) is 0 Å². The molecule has 0 saturated heterocycles. The average molecular weight is 558 g/mol. The van der Waals surface area contributed by atoms with E-state index in [9.17, 15) is 19.2 Å². The third-order valence-electron chi connectivity index (χ3n) is 6.70. The van der Waals surface area contributed by atoms with Crippen LogP contribution in [0.1, 0.15) is 57.0 Å². The molecule has 0 fully saturated rings. The van der Waals surface area contributed by atoms with Gasteiger partial charge in [0.25, 0.3) is 11.8 Å². The summed E-state index contributed by atoms with van der Waals surface area (Å²) in [6.45, 7) is -0.0303. The Bertz CT molecular complexity index is 1500. The Kier molecular flexibility index (Phi) is 8.28. The molecule has 0 radical (unpaired) electrons. The molecule has 1 aliphatic heterocycles. The molecule has 0 unspecified atom stereocenters. The Morgan fingerprint density at radius 1 is 1.00 bits per heavy atom. The van der Waals surface area contributed by atoms with Crippen LogP contribution in [0.5, 0.6) is 0 Å². The molecule has 2 aromatic heterocycles. The van der Waals surface area contributed by atoms with Crippen LogP contribution in [-0.2, 0) is 20.9 Å². The van der Waals surface area contributed by atoms with Gasteiger partial charge in [-0.25, -0.2) is 0 Å². The summed E-state index contributed by atoms with van der Waals surface area (Å²) in [4.78, 5) is 56.9. The summed E-state index contributed by atoms with van der Waals surface area (Å²) in [5.41, 5.74) is 1.98. The van der Waals surface area contributed by atoms with Gasteiger partial charge in [-0.15, -0.1) is 11.3 Å². The van der Waals surface area contributed by atoms with Crippen LogP contribution in [0.4, 0.5) is 5.00 Å². The van der Waals surface area contributed by atoms with Crippen molar-refractivity contribution in [1.29, 1.82) is 0 Å². The molecular formula is C30H27N3O6S. The van der Waals surface area contributed by atoms with Crippen molar-refractivity contribution in [3.63, 3.8) is 0 Å². The summed E-state index contributed by atoms with van der Waals surface area (Å²) in [7, 11) is 0. The molecule has 5 rings (SSSR count). The predicted octanol–water partition coefficient (Wildman–Crippen LogP) is 4.52. The zero-order valence-electron chi connectivity index (χ0n) is 21.5. The van der Waals surface area contributed by atoms with E-state index in [1.807, 2.05) is 12.1 Å². The number of hydrogen-bond acceptors (Lipinski definition) is 8. The number of benzene rings is 2. The Hall–Kier alpha value is -4.41. The van der Waals surface area contributed by atoms with Gasteiger partial charge in [0.15, 0.2) is 0 Å². The summed E-state index contributed by atoms with van der Waals surface area (Å²) < 4.78 is 6.22. The average Bonchev–Trinajstić information content (AvgIpc) is 3.48. The molecule has 2 aromatic carbocycles. The van der Waals surface area contributed by atoms with Crippen molar-refractivity contribution >= 4 is 50.1 Å². The van der Waals surface area contributed by atoms with Crippen LogP contribution in [0.2, 0.25) is 0 Å². The maximum atomic E-state index is 13.6. The van der Waals surface area contributed by atoms with E-state index in [0.717, 1.165) is 20.5 Å². The van der Waals surface area contributed by atoms with Crippen molar-refractivity contribution in [3.8, 4) is 0 Å². The van der Waals surface area contributed by atoms with Gasteiger partial charge in [-0.3, -0.25) is 29.1 Å². The molecule has 4 aromatic rings. The quantitative estimate of drug-likeness (QED) is 0.158. The molecule has 0 bridgehead atoms. The molecule has 0 aliphatic carbocycles. The van der Waals surface area contributed by atoms with Gasteiger partial charge >= 0.3 is 5.97 Å². The number of aliphatic hydroxyl groups excluding tert-OH is 1. The highest BCUT2D eigenvalue weighted by Crippen LogP contribution is 2.31. The lowest BCUT2D eigenvalue weighted by molar-refractivity contribution is -0.145. The van der Waals surface area contributed by atoms with E-state index in [1.165, 1.54) is 11.3 Å². The molecule has 1 aliphatic rings. The molecular weight excluding hydrogens is 530 g/mol. The number of rotatable bonds is 11. The smallest absolute Gasteiger partial charge is 0.306 e. The molecule has 3 amide bonds. The van der Waals surface area contributed by atoms with Crippen molar-refractivity contribution in [2.45, 2.75) is 31.8 Å². The zero-order chi connectivity index (χ0) is 28.1. The summed E-state index contributed by atoms with van der Waals surface area (Å²) in [5.74, 6) is -2.43. The van der Waals surface area contributed by atoms with Crippen molar-refractivity contribution in [3.05, 3.63) is 95.3 Å². The fourth-order valence-corrected chi connectivity index (χ4v) is 5.48. The van der Waals surface area contributed by atoms with Crippen molar-refractivity contribution in [1.82, 2.24) is 9.88 Å². The number of unbranched alkanes of at least 4 members (excludes halogenated alkanes) is 1. The SMILES string of the molecule is O=C(CCCCO)OCc1ccc([C@@H](CN2C(=O)c3ccccc3C2=O)C(=O)Nc2cc3ccncc3s2)cc1. The van der Waals surface area contributed by atoms with E-state index in [-0.39, 0.29) is 38.1 Å². The number of esters is 1. The number of hydrogen-bond donors (Lipinski definition) is 2. The van der Waals surface area contributed by atoms with Crippen LogP contribution in [0.3, 0.4) is 0 Å². The van der Waals surface area contributed by atoms with Crippen LogP contribution in [0, 0.1) is 0 Å². The number of nitrogens with one attached hydrogen (secondary N) is 1. The number of aromatic nitrogens is 1. The number of thiophene rings is 1. The standard InChI is InChI=1S/C30H27N3O6S/c34-14-4-3-7-27(35)39-18-19-8-10-20(11-9-19)24(17-33-29(37)22-5-1-2-6-23(22)30(33)38)28(36)32-26-15-21-12-13-31-16-25(21)40-26/h1-2,5-6,8-13,15-16,24,34H,3-4,7,14,17-18H2,(H,32,36)/t24-/m1/s1. The summed E-state index contributed by atoms with van der Waals surface area (Å²) in [6, 6.07) is 17.3. The Morgan fingerprint density at radius 3 is 2.40 bits per heavy atom. The molecule has 3 heterocycles. The molecule has 1 atom stereocenters. The lowest BCUT2D eigenvalue weighted by atomic mass is 9.96. The number of imide groups is 1. The Balaban J connectivity index is 1.35. The van der Waals surface area contributed by atoms with Crippen LogP contribution in [0.25, 0.3) is 10.1 Å². The first-order valence-corrected chi connectivity index (χ1v) is 13.7. The first-order valence-electron chi connectivity index (χ1n) is 12.9. The largest absolute Gasteiger partial charge is 0.461 e. The van der Waals surface area contributed by atoms with E-state index in [4.69, 9.17) is 9.84 Å². The number of carbonyl (C=O) groups excluding carboxylic acids is 4. The lowest BCUT2D eigenvalue weighted by Gasteiger charge is -2.22. The van der Waals surface area contributed by atoms with Gasteiger partial charge < -0.3 is 15.2 Å². The second kappa shape index (κ2) is 12.2. The van der Waals surface area contributed by atoms with Crippen molar-refractivity contribution < 1.29 is 29.0 Å². The van der Waals surface area contributed by atoms with Crippen molar-refractivity contribution in [2.75, 3.05) is 18.5 Å². The molecule has 9 nitrogen and oxygen atoms in total. The Labute approximate surface area is 234 Å². The van der Waals surface area contributed by atoms with E-state index in [2.05, 4.69) is 10.3 Å². The van der Waals surface area contributed by atoms with Crippen molar-refractivity contribution in [2.24, 2.45) is 0 Å². The number of anilines is 1. The first-order chi connectivity index (χ1) is 19.4. The number of amides is 3. The molecule has 40 heavy (non-hydrogen) atoms. The highest BCUT2D eigenvalue weighted by Gasteiger charge is 2.38. The number of carbonyl (C=O) groups is 4. The molecule has 2 N–H and O–H groups in total. The maximum Gasteiger partial charge on any atom is 0.306 e. The van der Waals surface area contributed by atoms with Crippen LogP contribution < -0.4 is 5.32 Å². The minimum absolute atomic E-state index is 0.0321. The fourth-order valence-electron chi connectivity index (χ4n) is 4.55. The van der Waals surface area contributed by atoms with Crippen LogP contribution in [-0.4, -0.2) is 51.8 Å². The predicted molar refractivity (Wildman–Crippen MR) is 150 cm³/mol. The second-order valence-electron chi connectivity index (χ2n) is 9.42. The van der Waals surface area contributed by atoms with Crippen LogP contribution in [0.15, 0.2) is 73.1 Å². The van der Waals surface area contributed by atoms with E-state index in [1.54, 1.807) is 60.9 Å². The van der Waals surface area contributed by atoms with Gasteiger partial charge in [-0.1, -0.05) is 36.4 Å². The Morgan fingerprint density at radius 2 is 1.73 bits per heavy atom. The van der Waals surface area contributed by atoms with Crippen LogP contribution >= 0.6 is 11.3 Å². The second-order valence-corrected chi connectivity index (χ2v) is 10.5. The minimum Gasteiger partial charge on any atom is -0.461 e. The minimum atomic E-state index is -0.847. The molecule has 10 heteroatoms. The maximum absolute atomic E-state index is 13.6. The number of nitrogens with zero attached hydrogens (tertiary/aromatic N) is 2. The third kappa shape index (κ3) is 5.93. The van der Waals surface area contributed by atoms with Gasteiger partial charge in [0.2, 0.25) is 5.91 Å². The highest BCUT2D eigenvalue weighted by atomic mass is 32.1. The molecule has 0 saturated carbocycles. The molecule has 204 valence electrons. The zero-order valence-corrected chi connectivity index (χ0v) is 22.4. The lowest BCUT2D eigenvalue weighted by Crippen LogP contribution is -2.38. The van der Waals surface area contributed by atoms with Gasteiger partial charge in [0.05, 0.1) is 26.7 Å². The normalized spacial score (nSPS) is 13.4. The monoisotopic (exact) mass is 557 g/mol. The number of aliphatic hydroxyl groups is 1. The first kappa shape index (κ1) is 27.2. The summed E-state index contributed by atoms with van der Waals surface area (Å²) in [6.07, 6.45) is 4.73. The number of pyridine rings is 1. The van der Waals surface area contributed by atoms with Gasteiger partial charge in [-0.05, 0) is 53.6 Å².